The van der Waals surface area contributed by atoms with Crippen molar-refractivity contribution in [3.8, 4) is 5.75 Å². The molecule has 0 aliphatic heterocycles. The van der Waals surface area contributed by atoms with E-state index in [2.05, 4.69) is 5.32 Å². The molecule has 0 saturated heterocycles. The molecule has 2 aliphatic carbocycles. The summed E-state index contributed by atoms with van der Waals surface area (Å²) in [6.07, 6.45) is 4.53. The molecule has 0 radical (unpaired) electrons. The van der Waals surface area contributed by atoms with Gasteiger partial charge in [-0.15, -0.1) is 0 Å². The van der Waals surface area contributed by atoms with Gasteiger partial charge in [-0.2, -0.15) is 0 Å². The highest BCUT2D eigenvalue weighted by Crippen LogP contribution is 2.44. The van der Waals surface area contributed by atoms with Crippen molar-refractivity contribution < 1.29 is 9.53 Å². The standard InChI is InChI=1S/C16H20ClNO2/c1-10(20-14-4-2-3-13(17)9-14)16(19)18-15-8-11-5-6-12(15)7-11/h2-4,9-12,15H,5-8H2,1H3,(H,18,19). The quantitative estimate of drug-likeness (QED) is 0.924. The van der Waals surface area contributed by atoms with Crippen LogP contribution in [0.1, 0.15) is 32.6 Å². The molecule has 20 heavy (non-hydrogen) atoms. The molecule has 0 aromatic heterocycles. The molecule has 2 bridgehead atoms. The first-order valence-corrected chi connectivity index (χ1v) is 7.72. The van der Waals surface area contributed by atoms with Gasteiger partial charge in [0.05, 0.1) is 0 Å². The predicted octanol–water partition coefficient (Wildman–Crippen LogP) is 3.41. The summed E-state index contributed by atoms with van der Waals surface area (Å²) in [6, 6.07) is 7.49. The molecule has 1 aromatic rings. The number of carbonyl (C=O) groups excluding carboxylic acids is 1. The lowest BCUT2D eigenvalue weighted by molar-refractivity contribution is -0.128. The third-order valence-corrected chi connectivity index (χ3v) is 4.78. The van der Waals surface area contributed by atoms with Gasteiger partial charge in [-0.3, -0.25) is 4.79 Å². The van der Waals surface area contributed by atoms with E-state index in [9.17, 15) is 4.79 Å². The van der Waals surface area contributed by atoms with E-state index < -0.39 is 6.10 Å². The van der Waals surface area contributed by atoms with Crippen LogP contribution in [-0.2, 0) is 4.79 Å². The summed E-state index contributed by atoms with van der Waals surface area (Å²) in [5.41, 5.74) is 0. The van der Waals surface area contributed by atoms with Crippen LogP contribution in [0.3, 0.4) is 0 Å². The van der Waals surface area contributed by atoms with Crippen molar-refractivity contribution in [2.24, 2.45) is 11.8 Å². The van der Waals surface area contributed by atoms with Crippen molar-refractivity contribution in [1.29, 1.82) is 0 Å². The van der Waals surface area contributed by atoms with Gasteiger partial charge >= 0.3 is 0 Å². The van der Waals surface area contributed by atoms with Crippen molar-refractivity contribution in [3.05, 3.63) is 29.3 Å². The third-order valence-electron chi connectivity index (χ3n) is 4.54. The highest BCUT2D eigenvalue weighted by Gasteiger charge is 2.40. The zero-order valence-corrected chi connectivity index (χ0v) is 12.4. The van der Waals surface area contributed by atoms with Crippen LogP contribution in [0.5, 0.6) is 5.75 Å². The maximum atomic E-state index is 12.2. The molecule has 4 unspecified atom stereocenters. The Hall–Kier alpha value is -1.22. The zero-order valence-electron chi connectivity index (χ0n) is 11.6. The SMILES string of the molecule is CC(Oc1cccc(Cl)c1)C(=O)NC1CC2CCC1C2. The normalized spacial score (nSPS) is 29.2. The summed E-state index contributed by atoms with van der Waals surface area (Å²) >= 11 is 5.91. The van der Waals surface area contributed by atoms with Gasteiger partial charge in [-0.05, 0) is 56.2 Å². The van der Waals surface area contributed by atoms with Gasteiger partial charge in [-0.25, -0.2) is 0 Å². The number of hydrogen-bond acceptors (Lipinski definition) is 2. The van der Waals surface area contributed by atoms with Crippen LogP contribution < -0.4 is 10.1 Å². The molecule has 1 aromatic carbocycles. The number of halogens is 1. The van der Waals surface area contributed by atoms with Crippen LogP contribution in [-0.4, -0.2) is 18.1 Å². The summed E-state index contributed by atoms with van der Waals surface area (Å²) < 4.78 is 5.65. The molecule has 2 aliphatic rings. The Morgan fingerprint density at radius 2 is 2.25 bits per heavy atom. The lowest BCUT2D eigenvalue weighted by atomic mass is 9.95. The van der Waals surface area contributed by atoms with Gasteiger partial charge in [0.25, 0.3) is 5.91 Å². The zero-order chi connectivity index (χ0) is 14.1. The fourth-order valence-corrected chi connectivity index (χ4v) is 3.70. The summed E-state index contributed by atoms with van der Waals surface area (Å²) in [5.74, 6) is 2.12. The number of amides is 1. The average Bonchev–Trinajstić information content (AvgIpc) is 3.01. The largest absolute Gasteiger partial charge is 0.481 e. The number of carbonyl (C=O) groups is 1. The average molecular weight is 294 g/mol. The molecule has 3 nitrogen and oxygen atoms in total. The molecule has 3 rings (SSSR count). The van der Waals surface area contributed by atoms with Gasteiger partial charge in [-0.1, -0.05) is 24.1 Å². The van der Waals surface area contributed by atoms with E-state index >= 15 is 0 Å². The Balaban J connectivity index is 1.54. The predicted molar refractivity (Wildman–Crippen MR) is 78.9 cm³/mol. The van der Waals surface area contributed by atoms with E-state index in [-0.39, 0.29) is 5.91 Å². The molecule has 4 heteroatoms. The van der Waals surface area contributed by atoms with E-state index in [1.807, 2.05) is 12.1 Å². The van der Waals surface area contributed by atoms with Crippen LogP contribution in [0.25, 0.3) is 0 Å². The van der Waals surface area contributed by atoms with Gasteiger partial charge in [0, 0.05) is 11.1 Å². The lowest BCUT2D eigenvalue weighted by Gasteiger charge is -2.24. The minimum absolute atomic E-state index is 0.0254. The van der Waals surface area contributed by atoms with Crippen molar-refractivity contribution in [2.45, 2.75) is 44.8 Å². The second-order valence-corrected chi connectivity index (χ2v) is 6.44. The number of hydrogen-bond donors (Lipinski definition) is 1. The summed E-state index contributed by atoms with van der Waals surface area (Å²) in [7, 11) is 0. The highest BCUT2D eigenvalue weighted by atomic mass is 35.5. The van der Waals surface area contributed by atoms with Crippen molar-refractivity contribution in [2.75, 3.05) is 0 Å². The second-order valence-electron chi connectivity index (χ2n) is 6.01. The van der Waals surface area contributed by atoms with Gasteiger partial charge in [0.2, 0.25) is 0 Å². The second kappa shape index (κ2) is 5.65. The number of fused-ring (bicyclic) bond motifs is 2. The first kappa shape index (κ1) is 13.7. The Bertz CT molecular complexity index is 505. The monoisotopic (exact) mass is 293 g/mol. The molecule has 108 valence electrons. The van der Waals surface area contributed by atoms with Crippen LogP contribution in [0.15, 0.2) is 24.3 Å². The van der Waals surface area contributed by atoms with E-state index in [0.717, 1.165) is 12.3 Å². The van der Waals surface area contributed by atoms with Crippen molar-refractivity contribution in [3.63, 3.8) is 0 Å². The fraction of sp³-hybridized carbons (Fsp3) is 0.562. The van der Waals surface area contributed by atoms with E-state index in [4.69, 9.17) is 16.3 Å². The van der Waals surface area contributed by atoms with Crippen molar-refractivity contribution in [1.82, 2.24) is 5.32 Å². The molecule has 0 spiro atoms. The third kappa shape index (κ3) is 2.93. The Kier molecular flexibility index (Phi) is 3.88. The molecule has 1 N–H and O–H groups in total. The van der Waals surface area contributed by atoms with Crippen molar-refractivity contribution >= 4 is 17.5 Å². The Labute approximate surface area is 124 Å². The molecule has 2 fully saturated rings. The number of rotatable bonds is 4. The number of benzene rings is 1. The number of ether oxygens (including phenoxy) is 1. The Morgan fingerprint density at radius 1 is 1.40 bits per heavy atom. The maximum absolute atomic E-state index is 12.2. The number of nitrogens with one attached hydrogen (secondary N) is 1. The van der Waals surface area contributed by atoms with E-state index in [0.29, 0.717) is 22.7 Å². The molecule has 2 saturated carbocycles. The fourth-order valence-electron chi connectivity index (χ4n) is 3.52. The van der Waals surface area contributed by atoms with Gasteiger partial charge in [0.15, 0.2) is 6.10 Å². The minimum atomic E-state index is -0.493. The van der Waals surface area contributed by atoms with Crippen LogP contribution >= 0.6 is 11.6 Å². The minimum Gasteiger partial charge on any atom is -0.481 e. The molecule has 4 atom stereocenters. The lowest BCUT2D eigenvalue weighted by Crippen LogP contribution is -2.44. The molecular formula is C16H20ClNO2. The van der Waals surface area contributed by atoms with Crippen LogP contribution in [0.2, 0.25) is 5.02 Å². The summed E-state index contributed by atoms with van der Waals surface area (Å²) in [5, 5.41) is 3.76. The first-order chi connectivity index (χ1) is 9.61. The summed E-state index contributed by atoms with van der Waals surface area (Å²) in [4.78, 5) is 12.2. The van der Waals surface area contributed by atoms with E-state index in [1.165, 1.54) is 19.3 Å². The molecule has 1 amide bonds. The topological polar surface area (TPSA) is 38.3 Å². The maximum Gasteiger partial charge on any atom is 0.261 e. The smallest absolute Gasteiger partial charge is 0.261 e. The Morgan fingerprint density at radius 3 is 2.90 bits per heavy atom. The van der Waals surface area contributed by atoms with Gasteiger partial charge in [0.1, 0.15) is 5.75 Å². The van der Waals surface area contributed by atoms with Crippen LogP contribution in [0.4, 0.5) is 0 Å². The molecular weight excluding hydrogens is 274 g/mol. The van der Waals surface area contributed by atoms with Gasteiger partial charge < -0.3 is 10.1 Å². The highest BCUT2D eigenvalue weighted by molar-refractivity contribution is 6.30. The van der Waals surface area contributed by atoms with Crippen LogP contribution in [0, 0.1) is 11.8 Å². The van der Waals surface area contributed by atoms with E-state index in [1.54, 1.807) is 19.1 Å². The summed E-state index contributed by atoms with van der Waals surface area (Å²) in [6.45, 7) is 1.78. The first-order valence-electron chi connectivity index (χ1n) is 7.34. The molecule has 0 heterocycles.